The largest absolute Gasteiger partial charge is 0.362 e. The molecule has 0 spiro atoms. The molecule has 1 aromatic carbocycles. The predicted molar refractivity (Wildman–Crippen MR) is 92.3 cm³/mol. The smallest absolute Gasteiger partial charge is 0.254 e. The first-order chi connectivity index (χ1) is 11.3. The van der Waals surface area contributed by atoms with E-state index in [-0.39, 0.29) is 18.4 Å². The Morgan fingerprint density at radius 3 is 2.58 bits per heavy atom. The first kappa shape index (κ1) is 18.4. The van der Waals surface area contributed by atoms with Crippen molar-refractivity contribution >= 4 is 11.8 Å². The highest BCUT2D eigenvalue weighted by molar-refractivity contribution is 5.86. The molecule has 0 aromatic heterocycles. The van der Waals surface area contributed by atoms with Gasteiger partial charge in [-0.2, -0.15) is 0 Å². The number of hydrogen-bond donors (Lipinski definition) is 1. The molecule has 1 aromatic rings. The van der Waals surface area contributed by atoms with Gasteiger partial charge < -0.3 is 19.9 Å². The fraction of sp³-hybridized carbons (Fsp3) is 0.556. The molecule has 6 heteroatoms. The minimum absolute atomic E-state index is 0.0337. The number of carbonyl (C=O) groups is 2. The van der Waals surface area contributed by atoms with Crippen LogP contribution in [0.4, 0.5) is 0 Å². The standard InChI is InChI=1S/C18H27N3O3/c1-14(22)21-9-10-24-18(2,13-21)17(23)19-11-15-7-5-6-8-16(15)12-20(3)4/h5-8H,9-13H2,1-4H3,(H,19,23)/t18-/m1/s1. The van der Waals surface area contributed by atoms with Crippen LogP contribution in [0.3, 0.4) is 0 Å². The maximum Gasteiger partial charge on any atom is 0.254 e. The highest BCUT2D eigenvalue weighted by Gasteiger charge is 2.39. The topological polar surface area (TPSA) is 61.9 Å². The lowest BCUT2D eigenvalue weighted by Gasteiger charge is -2.38. The lowest BCUT2D eigenvalue weighted by atomic mass is 10.0. The number of amides is 2. The van der Waals surface area contributed by atoms with Crippen molar-refractivity contribution < 1.29 is 14.3 Å². The summed E-state index contributed by atoms with van der Waals surface area (Å²) >= 11 is 0. The third kappa shape index (κ3) is 4.55. The van der Waals surface area contributed by atoms with E-state index in [2.05, 4.69) is 16.3 Å². The zero-order chi connectivity index (χ0) is 17.7. The normalized spacial score (nSPS) is 21.0. The van der Waals surface area contributed by atoms with Crippen LogP contribution in [0.1, 0.15) is 25.0 Å². The van der Waals surface area contributed by atoms with E-state index in [0.717, 1.165) is 12.1 Å². The number of ether oxygens (including phenoxy) is 1. The van der Waals surface area contributed by atoms with Gasteiger partial charge >= 0.3 is 0 Å². The van der Waals surface area contributed by atoms with Gasteiger partial charge in [0.05, 0.1) is 13.2 Å². The van der Waals surface area contributed by atoms with Gasteiger partial charge in [-0.1, -0.05) is 24.3 Å². The van der Waals surface area contributed by atoms with Gasteiger partial charge in [-0.25, -0.2) is 0 Å². The SMILES string of the molecule is CC(=O)N1CCO[C@@](C)(C(=O)NCc2ccccc2CN(C)C)C1. The highest BCUT2D eigenvalue weighted by atomic mass is 16.5. The van der Waals surface area contributed by atoms with Crippen LogP contribution in [0.2, 0.25) is 0 Å². The number of benzene rings is 1. The van der Waals surface area contributed by atoms with Crippen LogP contribution < -0.4 is 5.32 Å². The summed E-state index contributed by atoms with van der Waals surface area (Å²) in [6, 6.07) is 8.06. The summed E-state index contributed by atoms with van der Waals surface area (Å²) in [7, 11) is 4.03. The number of nitrogens with zero attached hydrogens (tertiary/aromatic N) is 2. The second-order valence-corrected chi connectivity index (χ2v) is 6.71. The third-order valence-electron chi connectivity index (χ3n) is 4.24. The Hall–Kier alpha value is -1.92. The number of nitrogens with one attached hydrogen (secondary N) is 1. The van der Waals surface area contributed by atoms with Crippen molar-refractivity contribution in [2.75, 3.05) is 33.8 Å². The molecule has 1 saturated heterocycles. The zero-order valence-corrected chi connectivity index (χ0v) is 15.0. The van der Waals surface area contributed by atoms with Crippen molar-refractivity contribution in [2.24, 2.45) is 0 Å². The molecule has 1 atom stereocenters. The summed E-state index contributed by atoms with van der Waals surface area (Å²) in [5, 5.41) is 2.96. The molecular weight excluding hydrogens is 306 g/mol. The van der Waals surface area contributed by atoms with Gasteiger partial charge in [-0.15, -0.1) is 0 Å². The molecule has 6 nitrogen and oxygen atoms in total. The molecular formula is C18H27N3O3. The van der Waals surface area contributed by atoms with E-state index in [1.807, 2.05) is 32.3 Å². The lowest BCUT2D eigenvalue weighted by Crippen LogP contribution is -2.58. The quantitative estimate of drug-likeness (QED) is 0.873. The fourth-order valence-electron chi connectivity index (χ4n) is 2.86. The molecule has 0 radical (unpaired) electrons. The molecule has 2 amide bonds. The van der Waals surface area contributed by atoms with Crippen molar-refractivity contribution in [3.63, 3.8) is 0 Å². The second kappa shape index (κ2) is 7.77. The van der Waals surface area contributed by atoms with E-state index in [1.165, 1.54) is 12.5 Å². The van der Waals surface area contributed by atoms with Gasteiger partial charge in [-0.05, 0) is 32.1 Å². The molecule has 1 aliphatic rings. The lowest BCUT2D eigenvalue weighted by molar-refractivity contribution is -0.162. The van der Waals surface area contributed by atoms with Crippen LogP contribution in [-0.2, 0) is 27.4 Å². The Morgan fingerprint density at radius 1 is 1.29 bits per heavy atom. The Labute approximate surface area is 143 Å². The van der Waals surface area contributed by atoms with Crippen LogP contribution in [0.5, 0.6) is 0 Å². The molecule has 0 aliphatic carbocycles. The molecule has 0 saturated carbocycles. The average molecular weight is 333 g/mol. The van der Waals surface area contributed by atoms with Crippen LogP contribution in [0.25, 0.3) is 0 Å². The highest BCUT2D eigenvalue weighted by Crippen LogP contribution is 2.19. The monoisotopic (exact) mass is 333 g/mol. The summed E-state index contributed by atoms with van der Waals surface area (Å²) in [6.07, 6.45) is 0. The molecule has 1 heterocycles. The van der Waals surface area contributed by atoms with E-state index < -0.39 is 5.60 Å². The van der Waals surface area contributed by atoms with Crippen LogP contribution >= 0.6 is 0 Å². The Kier molecular flexibility index (Phi) is 5.96. The van der Waals surface area contributed by atoms with Crippen LogP contribution in [0.15, 0.2) is 24.3 Å². The summed E-state index contributed by atoms with van der Waals surface area (Å²) in [5.41, 5.74) is 1.27. The van der Waals surface area contributed by atoms with Gasteiger partial charge in [0, 0.05) is 26.6 Å². The first-order valence-electron chi connectivity index (χ1n) is 8.21. The van der Waals surface area contributed by atoms with Gasteiger partial charge in [-0.3, -0.25) is 9.59 Å². The van der Waals surface area contributed by atoms with Gasteiger partial charge in [0.1, 0.15) is 0 Å². The number of carbonyl (C=O) groups excluding carboxylic acids is 2. The molecule has 0 unspecified atom stereocenters. The summed E-state index contributed by atoms with van der Waals surface area (Å²) in [5.74, 6) is -0.221. The molecule has 1 aliphatic heterocycles. The average Bonchev–Trinajstić information content (AvgIpc) is 2.53. The summed E-state index contributed by atoms with van der Waals surface area (Å²) < 4.78 is 5.68. The van der Waals surface area contributed by atoms with E-state index in [9.17, 15) is 9.59 Å². The third-order valence-corrected chi connectivity index (χ3v) is 4.24. The summed E-state index contributed by atoms with van der Waals surface area (Å²) in [6.45, 7) is 5.71. The molecule has 1 fully saturated rings. The number of hydrogen-bond acceptors (Lipinski definition) is 4. The van der Waals surface area contributed by atoms with Crippen molar-refractivity contribution in [2.45, 2.75) is 32.5 Å². The zero-order valence-electron chi connectivity index (χ0n) is 15.0. The minimum atomic E-state index is -1.000. The molecule has 24 heavy (non-hydrogen) atoms. The van der Waals surface area contributed by atoms with E-state index in [4.69, 9.17) is 4.74 Å². The molecule has 1 N–H and O–H groups in total. The van der Waals surface area contributed by atoms with Gasteiger partial charge in [0.25, 0.3) is 5.91 Å². The Bertz CT molecular complexity index is 603. The van der Waals surface area contributed by atoms with Crippen molar-refractivity contribution in [3.05, 3.63) is 35.4 Å². The molecule has 132 valence electrons. The molecule has 2 rings (SSSR count). The van der Waals surface area contributed by atoms with Gasteiger partial charge in [0.15, 0.2) is 5.60 Å². The van der Waals surface area contributed by atoms with Crippen molar-refractivity contribution in [3.8, 4) is 0 Å². The predicted octanol–water partition coefficient (Wildman–Crippen LogP) is 1.00. The minimum Gasteiger partial charge on any atom is -0.362 e. The van der Waals surface area contributed by atoms with E-state index in [0.29, 0.717) is 19.7 Å². The van der Waals surface area contributed by atoms with Crippen LogP contribution in [0, 0.1) is 0 Å². The second-order valence-electron chi connectivity index (χ2n) is 6.71. The fourth-order valence-corrected chi connectivity index (χ4v) is 2.86. The Balaban J connectivity index is 2.01. The summed E-state index contributed by atoms with van der Waals surface area (Å²) in [4.78, 5) is 27.9. The van der Waals surface area contributed by atoms with Crippen molar-refractivity contribution in [1.29, 1.82) is 0 Å². The first-order valence-corrected chi connectivity index (χ1v) is 8.21. The van der Waals surface area contributed by atoms with Crippen LogP contribution in [-0.4, -0.2) is 61.0 Å². The van der Waals surface area contributed by atoms with E-state index in [1.54, 1.807) is 11.8 Å². The number of rotatable bonds is 5. The Morgan fingerprint density at radius 2 is 1.96 bits per heavy atom. The maximum absolute atomic E-state index is 12.6. The van der Waals surface area contributed by atoms with E-state index >= 15 is 0 Å². The van der Waals surface area contributed by atoms with Gasteiger partial charge in [0.2, 0.25) is 5.91 Å². The maximum atomic E-state index is 12.6. The van der Waals surface area contributed by atoms with Crippen molar-refractivity contribution in [1.82, 2.24) is 15.1 Å². The number of morpholine rings is 1. The molecule has 0 bridgehead atoms.